The van der Waals surface area contributed by atoms with Crippen LogP contribution in [-0.4, -0.2) is 18.8 Å². The summed E-state index contributed by atoms with van der Waals surface area (Å²) in [5.41, 5.74) is 4.77. The molecule has 1 atom stereocenters. The Bertz CT molecular complexity index is 366. The Kier molecular flexibility index (Phi) is 3.77. The fraction of sp³-hybridized carbons (Fsp3) is 0.400. The third kappa shape index (κ3) is 2.65. The van der Waals surface area contributed by atoms with Crippen molar-refractivity contribution in [3.63, 3.8) is 0 Å². The minimum atomic E-state index is -4.50. The summed E-state index contributed by atoms with van der Waals surface area (Å²) in [6, 6.07) is 2.65. The largest absolute Gasteiger partial charge is 0.496 e. The molecule has 16 heavy (non-hydrogen) atoms. The van der Waals surface area contributed by atoms with Crippen LogP contribution in [0.3, 0.4) is 0 Å². The van der Waals surface area contributed by atoms with Crippen molar-refractivity contribution >= 4 is 0 Å². The Labute approximate surface area is 90.6 Å². The molecule has 0 aromatic heterocycles. The maximum Gasteiger partial charge on any atom is 0.419 e. The number of alkyl halides is 3. The van der Waals surface area contributed by atoms with Gasteiger partial charge in [0.25, 0.3) is 0 Å². The quantitative estimate of drug-likeness (QED) is 0.838. The van der Waals surface area contributed by atoms with Gasteiger partial charge in [-0.05, 0) is 17.7 Å². The highest BCUT2D eigenvalue weighted by molar-refractivity contribution is 5.40. The molecule has 1 unspecified atom stereocenters. The maximum atomic E-state index is 12.6. The van der Waals surface area contributed by atoms with Crippen molar-refractivity contribution in [2.24, 2.45) is 5.73 Å². The fourth-order valence-electron chi connectivity index (χ4n) is 1.28. The van der Waals surface area contributed by atoms with E-state index in [1.165, 1.54) is 12.1 Å². The second-order valence-corrected chi connectivity index (χ2v) is 3.25. The van der Waals surface area contributed by atoms with Crippen LogP contribution in [0.15, 0.2) is 18.2 Å². The number of nitrogens with two attached hydrogens (primary N) is 1. The highest BCUT2D eigenvalue weighted by Gasteiger charge is 2.34. The van der Waals surface area contributed by atoms with Gasteiger partial charge in [-0.15, -0.1) is 0 Å². The summed E-state index contributed by atoms with van der Waals surface area (Å²) >= 11 is 0. The topological polar surface area (TPSA) is 55.5 Å². The number of aliphatic hydroxyl groups excluding tert-OH is 1. The van der Waals surface area contributed by atoms with E-state index in [1.807, 2.05) is 0 Å². The van der Waals surface area contributed by atoms with Gasteiger partial charge in [-0.2, -0.15) is 13.2 Å². The summed E-state index contributed by atoms with van der Waals surface area (Å²) in [4.78, 5) is 0. The molecule has 6 heteroatoms. The lowest BCUT2D eigenvalue weighted by Crippen LogP contribution is -2.16. The first kappa shape index (κ1) is 12.8. The first-order chi connectivity index (χ1) is 7.40. The summed E-state index contributed by atoms with van der Waals surface area (Å²) in [7, 11) is 1.16. The summed E-state index contributed by atoms with van der Waals surface area (Å²) < 4.78 is 42.4. The van der Waals surface area contributed by atoms with E-state index in [0.717, 1.165) is 13.2 Å². The van der Waals surface area contributed by atoms with E-state index in [0.29, 0.717) is 0 Å². The van der Waals surface area contributed by atoms with E-state index in [1.54, 1.807) is 0 Å². The molecule has 1 aromatic carbocycles. The number of hydrogen-bond donors (Lipinski definition) is 2. The van der Waals surface area contributed by atoms with Gasteiger partial charge in [0, 0.05) is 0 Å². The molecule has 0 fully saturated rings. The van der Waals surface area contributed by atoms with E-state index in [4.69, 9.17) is 10.8 Å². The normalized spacial score (nSPS) is 13.6. The highest BCUT2D eigenvalue weighted by Crippen LogP contribution is 2.37. The zero-order valence-electron chi connectivity index (χ0n) is 8.58. The van der Waals surface area contributed by atoms with Gasteiger partial charge in [0.1, 0.15) is 5.75 Å². The lowest BCUT2D eigenvalue weighted by atomic mass is 10.0. The first-order valence-electron chi connectivity index (χ1n) is 4.51. The Morgan fingerprint density at radius 3 is 2.50 bits per heavy atom. The Balaban J connectivity index is 3.22. The van der Waals surface area contributed by atoms with Crippen molar-refractivity contribution in [1.29, 1.82) is 0 Å². The fourth-order valence-corrected chi connectivity index (χ4v) is 1.28. The number of halogens is 3. The first-order valence-corrected chi connectivity index (χ1v) is 4.51. The van der Waals surface area contributed by atoms with Crippen LogP contribution >= 0.6 is 0 Å². The van der Waals surface area contributed by atoms with Gasteiger partial charge in [0.05, 0.1) is 25.3 Å². The van der Waals surface area contributed by atoms with Crippen molar-refractivity contribution in [2.45, 2.75) is 12.2 Å². The van der Waals surface area contributed by atoms with Gasteiger partial charge in [-0.1, -0.05) is 6.07 Å². The van der Waals surface area contributed by atoms with Crippen LogP contribution in [0.25, 0.3) is 0 Å². The Hall–Kier alpha value is -1.27. The summed E-state index contributed by atoms with van der Waals surface area (Å²) in [6.45, 7) is -0.413. The van der Waals surface area contributed by atoms with Crippen LogP contribution in [0.5, 0.6) is 5.75 Å². The van der Waals surface area contributed by atoms with Crippen molar-refractivity contribution in [3.8, 4) is 5.75 Å². The summed E-state index contributed by atoms with van der Waals surface area (Å²) in [5, 5.41) is 8.77. The molecule has 0 spiro atoms. The molecule has 1 rings (SSSR count). The third-order valence-corrected chi connectivity index (χ3v) is 2.15. The predicted molar refractivity (Wildman–Crippen MR) is 52.0 cm³/mol. The van der Waals surface area contributed by atoms with E-state index in [-0.39, 0.29) is 11.3 Å². The van der Waals surface area contributed by atoms with Gasteiger partial charge < -0.3 is 15.6 Å². The second-order valence-electron chi connectivity index (χ2n) is 3.25. The number of hydrogen-bond acceptors (Lipinski definition) is 3. The average Bonchev–Trinajstić information content (AvgIpc) is 2.26. The molecule has 0 saturated heterocycles. The molecule has 0 bridgehead atoms. The van der Waals surface area contributed by atoms with Gasteiger partial charge in [-0.25, -0.2) is 0 Å². The molecule has 3 N–H and O–H groups in total. The van der Waals surface area contributed by atoms with Gasteiger partial charge in [0.15, 0.2) is 0 Å². The van der Waals surface area contributed by atoms with Crippen molar-refractivity contribution < 1.29 is 23.0 Å². The van der Waals surface area contributed by atoms with Crippen LogP contribution < -0.4 is 10.5 Å². The van der Waals surface area contributed by atoms with Crippen LogP contribution in [0.1, 0.15) is 17.2 Å². The molecule has 0 heterocycles. The maximum absolute atomic E-state index is 12.6. The highest BCUT2D eigenvalue weighted by atomic mass is 19.4. The molecule has 0 aliphatic rings. The number of ether oxygens (including phenoxy) is 1. The average molecular weight is 235 g/mol. The van der Waals surface area contributed by atoms with Crippen molar-refractivity contribution in [1.82, 2.24) is 0 Å². The van der Waals surface area contributed by atoms with Crippen LogP contribution in [0, 0.1) is 0 Å². The Morgan fingerprint density at radius 2 is 2.06 bits per heavy atom. The van der Waals surface area contributed by atoms with Crippen LogP contribution in [0.2, 0.25) is 0 Å². The smallest absolute Gasteiger partial charge is 0.419 e. The zero-order valence-corrected chi connectivity index (χ0v) is 8.58. The lowest BCUT2D eigenvalue weighted by molar-refractivity contribution is -0.138. The van der Waals surface area contributed by atoms with Gasteiger partial charge in [0.2, 0.25) is 0 Å². The number of aliphatic hydroxyl groups is 1. The standard InChI is InChI=1S/C10H12F3NO2/c1-16-9-3-2-6(8(14)5-15)4-7(9)10(11,12)13/h2-4,8,15H,5,14H2,1H3. The molecule has 0 aliphatic heterocycles. The van der Waals surface area contributed by atoms with Crippen molar-refractivity contribution in [2.75, 3.05) is 13.7 Å². The number of rotatable bonds is 3. The van der Waals surface area contributed by atoms with Gasteiger partial charge in [-0.3, -0.25) is 0 Å². The number of benzene rings is 1. The third-order valence-electron chi connectivity index (χ3n) is 2.15. The molecule has 90 valence electrons. The molecular weight excluding hydrogens is 223 g/mol. The number of methoxy groups -OCH3 is 1. The van der Waals surface area contributed by atoms with E-state index < -0.39 is 24.4 Å². The molecule has 0 amide bonds. The lowest BCUT2D eigenvalue weighted by Gasteiger charge is -2.15. The molecule has 3 nitrogen and oxygen atoms in total. The minimum absolute atomic E-state index is 0.218. The van der Waals surface area contributed by atoms with Crippen LogP contribution in [0.4, 0.5) is 13.2 Å². The van der Waals surface area contributed by atoms with Crippen LogP contribution in [-0.2, 0) is 6.18 Å². The molecule has 0 saturated carbocycles. The zero-order chi connectivity index (χ0) is 12.3. The Morgan fingerprint density at radius 1 is 1.44 bits per heavy atom. The SMILES string of the molecule is COc1ccc(C(N)CO)cc1C(F)(F)F. The van der Waals surface area contributed by atoms with Crippen molar-refractivity contribution in [3.05, 3.63) is 29.3 Å². The molecule has 1 aromatic rings. The molecule has 0 radical (unpaired) electrons. The predicted octanol–water partition coefficient (Wildman–Crippen LogP) is 1.71. The minimum Gasteiger partial charge on any atom is -0.496 e. The monoisotopic (exact) mass is 235 g/mol. The molecular formula is C10H12F3NO2. The summed E-state index contributed by atoms with van der Waals surface area (Å²) in [5.74, 6) is -0.263. The van der Waals surface area contributed by atoms with E-state index in [2.05, 4.69) is 4.74 Å². The molecule has 0 aliphatic carbocycles. The second kappa shape index (κ2) is 4.71. The van der Waals surface area contributed by atoms with E-state index in [9.17, 15) is 13.2 Å². The summed E-state index contributed by atoms with van der Waals surface area (Å²) in [6.07, 6.45) is -4.50. The van der Waals surface area contributed by atoms with E-state index >= 15 is 0 Å². The van der Waals surface area contributed by atoms with Gasteiger partial charge >= 0.3 is 6.18 Å².